The van der Waals surface area contributed by atoms with Gasteiger partial charge < -0.3 is 15.8 Å². The zero-order valence-corrected chi connectivity index (χ0v) is 12.5. The molecule has 1 heterocycles. The second-order valence-electron chi connectivity index (χ2n) is 4.54. The highest BCUT2D eigenvalue weighted by Crippen LogP contribution is 2.18. The first-order valence-electron chi connectivity index (χ1n) is 6.42. The van der Waals surface area contributed by atoms with Gasteiger partial charge in [-0.25, -0.2) is 0 Å². The first-order chi connectivity index (χ1) is 9.69. The number of guanidine groups is 1. The summed E-state index contributed by atoms with van der Waals surface area (Å²) >= 11 is 1.70. The standard InChI is InChI=1S/C15H19N3OS/c1-11(12-7-8-20-10-12)9-17-15(16)18-13-3-5-14(19-2)6-4-13/h3-8,10-11H,9H2,1-2H3,(H3,16,17,18). The quantitative estimate of drug-likeness (QED) is 0.656. The maximum absolute atomic E-state index is 5.89. The Morgan fingerprint density at radius 2 is 2.10 bits per heavy atom. The summed E-state index contributed by atoms with van der Waals surface area (Å²) in [4.78, 5) is 4.37. The molecule has 1 unspecified atom stereocenters. The van der Waals surface area contributed by atoms with Crippen molar-refractivity contribution in [3.05, 3.63) is 46.7 Å². The van der Waals surface area contributed by atoms with Crippen molar-refractivity contribution < 1.29 is 4.74 Å². The Hall–Kier alpha value is -2.01. The molecule has 0 spiro atoms. The van der Waals surface area contributed by atoms with E-state index in [4.69, 9.17) is 10.5 Å². The van der Waals surface area contributed by atoms with E-state index in [9.17, 15) is 0 Å². The molecule has 1 aromatic heterocycles. The SMILES string of the molecule is COc1ccc(NC(N)=NCC(C)c2ccsc2)cc1. The molecule has 3 N–H and O–H groups in total. The Balaban J connectivity index is 1.90. The number of anilines is 1. The lowest BCUT2D eigenvalue weighted by Crippen LogP contribution is -2.23. The van der Waals surface area contributed by atoms with Crippen LogP contribution >= 0.6 is 11.3 Å². The van der Waals surface area contributed by atoms with Crippen LogP contribution in [0.2, 0.25) is 0 Å². The molecule has 5 heteroatoms. The number of aliphatic imine (C=N–C) groups is 1. The molecular weight excluding hydrogens is 270 g/mol. The number of nitrogens with one attached hydrogen (secondary N) is 1. The highest BCUT2D eigenvalue weighted by molar-refractivity contribution is 7.07. The molecule has 0 fully saturated rings. The Kier molecular flexibility index (Phi) is 5.01. The first kappa shape index (κ1) is 14.4. The molecule has 0 radical (unpaired) electrons. The minimum Gasteiger partial charge on any atom is -0.497 e. The maximum Gasteiger partial charge on any atom is 0.193 e. The van der Waals surface area contributed by atoms with Crippen molar-refractivity contribution in [1.29, 1.82) is 0 Å². The van der Waals surface area contributed by atoms with Gasteiger partial charge in [0.05, 0.1) is 7.11 Å². The van der Waals surface area contributed by atoms with Gasteiger partial charge in [0.2, 0.25) is 0 Å². The number of hydrogen-bond donors (Lipinski definition) is 2. The van der Waals surface area contributed by atoms with Crippen molar-refractivity contribution in [2.24, 2.45) is 10.7 Å². The van der Waals surface area contributed by atoms with Gasteiger partial charge in [-0.05, 0) is 46.7 Å². The van der Waals surface area contributed by atoms with Gasteiger partial charge in [-0.3, -0.25) is 4.99 Å². The zero-order valence-electron chi connectivity index (χ0n) is 11.7. The number of hydrogen-bond acceptors (Lipinski definition) is 3. The number of nitrogens with two attached hydrogens (primary N) is 1. The van der Waals surface area contributed by atoms with Gasteiger partial charge in [-0.15, -0.1) is 0 Å². The summed E-state index contributed by atoms with van der Waals surface area (Å²) in [6.45, 7) is 2.82. The van der Waals surface area contributed by atoms with Crippen LogP contribution in [0.3, 0.4) is 0 Å². The van der Waals surface area contributed by atoms with E-state index in [2.05, 4.69) is 34.1 Å². The van der Waals surface area contributed by atoms with Gasteiger partial charge in [0.25, 0.3) is 0 Å². The summed E-state index contributed by atoms with van der Waals surface area (Å²) in [5, 5.41) is 7.29. The molecule has 20 heavy (non-hydrogen) atoms. The Labute approximate surface area is 123 Å². The number of nitrogens with zero attached hydrogens (tertiary/aromatic N) is 1. The summed E-state index contributed by atoms with van der Waals surface area (Å²) in [6, 6.07) is 9.69. The van der Waals surface area contributed by atoms with Crippen LogP contribution in [0.25, 0.3) is 0 Å². The van der Waals surface area contributed by atoms with E-state index in [0.717, 1.165) is 11.4 Å². The lowest BCUT2D eigenvalue weighted by Gasteiger charge is -2.09. The van der Waals surface area contributed by atoms with Crippen LogP contribution in [-0.4, -0.2) is 19.6 Å². The zero-order chi connectivity index (χ0) is 14.4. The minimum atomic E-state index is 0.373. The van der Waals surface area contributed by atoms with Crippen molar-refractivity contribution in [1.82, 2.24) is 0 Å². The normalized spacial score (nSPS) is 13.0. The van der Waals surface area contributed by atoms with Crippen molar-refractivity contribution in [2.45, 2.75) is 12.8 Å². The van der Waals surface area contributed by atoms with E-state index in [0.29, 0.717) is 18.4 Å². The third-order valence-electron chi connectivity index (χ3n) is 3.01. The number of rotatable bonds is 5. The van der Waals surface area contributed by atoms with E-state index in [-0.39, 0.29) is 0 Å². The largest absolute Gasteiger partial charge is 0.497 e. The van der Waals surface area contributed by atoms with Gasteiger partial charge in [-0.1, -0.05) is 6.92 Å². The monoisotopic (exact) mass is 289 g/mol. The Morgan fingerprint density at radius 1 is 1.35 bits per heavy atom. The molecule has 0 saturated carbocycles. The van der Waals surface area contributed by atoms with Gasteiger partial charge in [0.1, 0.15) is 5.75 Å². The third kappa shape index (κ3) is 3.99. The van der Waals surface area contributed by atoms with E-state index < -0.39 is 0 Å². The summed E-state index contributed by atoms with van der Waals surface area (Å²) in [7, 11) is 1.64. The Morgan fingerprint density at radius 3 is 2.70 bits per heavy atom. The van der Waals surface area contributed by atoms with E-state index in [1.807, 2.05) is 24.3 Å². The van der Waals surface area contributed by atoms with Crippen LogP contribution in [0.5, 0.6) is 5.75 Å². The summed E-state index contributed by atoms with van der Waals surface area (Å²) < 4.78 is 5.11. The molecule has 4 nitrogen and oxygen atoms in total. The highest BCUT2D eigenvalue weighted by atomic mass is 32.1. The number of thiophene rings is 1. The van der Waals surface area contributed by atoms with Crippen LogP contribution in [0, 0.1) is 0 Å². The molecule has 1 atom stereocenters. The van der Waals surface area contributed by atoms with Crippen LogP contribution < -0.4 is 15.8 Å². The average Bonchev–Trinajstić information content (AvgIpc) is 3.00. The Bertz CT molecular complexity index is 549. The fourth-order valence-corrected chi connectivity index (χ4v) is 2.54. The number of methoxy groups -OCH3 is 1. The molecule has 106 valence electrons. The molecule has 0 saturated heterocycles. The molecule has 2 aromatic rings. The molecule has 0 aliphatic carbocycles. The van der Waals surface area contributed by atoms with Crippen LogP contribution in [-0.2, 0) is 0 Å². The molecule has 0 bridgehead atoms. The fraction of sp³-hybridized carbons (Fsp3) is 0.267. The van der Waals surface area contributed by atoms with E-state index in [1.165, 1.54) is 5.56 Å². The second kappa shape index (κ2) is 6.96. The molecule has 0 amide bonds. The topological polar surface area (TPSA) is 59.6 Å². The van der Waals surface area contributed by atoms with Crippen molar-refractivity contribution >= 4 is 23.0 Å². The molecule has 0 aliphatic rings. The van der Waals surface area contributed by atoms with Gasteiger partial charge in [-0.2, -0.15) is 11.3 Å². The molecule has 2 rings (SSSR count). The fourth-order valence-electron chi connectivity index (χ4n) is 1.76. The van der Waals surface area contributed by atoms with Crippen molar-refractivity contribution in [3.8, 4) is 5.75 Å². The summed E-state index contributed by atoms with van der Waals surface area (Å²) in [5.74, 6) is 1.62. The van der Waals surface area contributed by atoms with Gasteiger partial charge in [0.15, 0.2) is 5.96 Å². The highest BCUT2D eigenvalue weighted by Gasteiger charge is 2.05. The van der Waals surface area contributed by atoms with Gasteiger partial charge >= 0.3 is 0 Å². The maximum atomic E-state index is 5.89. The molecule has 0 aliphatic heterocycles. The number of ether oxygens (including phenoxy) is 1. The lowest BCUT2D eigenvalue weighted by atomic mass is 10.1. The second-order valence-corrected chi connectivity index (χ2v) is 5.32. The molecule has 1 aromatic carbocycles. The first-order valence-corrected chi connectivity index (χ1v) is 7.36. The van der Waals surface area contributed by atoms with Crippen LogP contribution in [0.4, 0.5) is 5.69 Å². The number of benzene rings is 1. The van der Waals surface area contributed by atoms with Crippen LogP contribution in [0.15, 0.2) is 46.1 Å². The van der Waals surface area contributed by atoms with Crippen LogP contribution in [0.1, 0.15) is 18.4 Å². The van der Waals surface area contributed by atoms with E-state index >= 15 is 0 Å². The predicted octanol–water partition coefficient (Wildman–Crippen LogP) is 3.29. The van der Waals surface area contributed by atoms with Crippen molar-refractivity contribution in [2.75, 3.05) is 19.0 Å². The average molecular weight is 289 g/mol. The van der Waals surface area contributed by atoms with E-state index in [1.54, 1.807) is 18.4 Å². The predicted molar refractivity (Wildman–Crippen MR) is 85.8 cm³/mol. The third-order valence-corrected chi connectivity index (χ3v) is 3.71. The smallest absolute Gasteiger partial charge is 0.193 e. The summed E-state index contributed by atoms with van der Waals surface area (Å²) in [6.07, 6.45) is 0. The summed E-state index contributed by atoms with van der Waals surface area (Å²) in [5.41, 5.74) is 8.09. The minimum absolute atomic E-state index is 0.373. The van der Waals surface area contributed by atoms with Gasteiger partial charge in [0, 0.05) is 18.2 Å². The lowest BCUT2D eigenvalue weighted by molar-refractivity contribution is 0.415. The molecular formula is C15H19N3OS. The van der Waals surface area contributed by atoms with Crippen molar-refractivity contribution in [3.63, 3.8) is 0 Å².